The molecule has 0 bridgehead atoms. The first-order valence-corrected chi connectivity index (χ1v) is 6.95. The summed E-state index contributed by atoms with van der Waals surface area (Å²) in [5, 5.41) is 13.1. The van der Waals surface area contributed by atoms with Crippen LogP contribution in [0.5, 0.6) is 5.75 Å². The SMILES string of the molecule is CCCNc1ncc(COc2ccccc2C#N)s1. The summed E-state index contributed by atoms with van der Waals surface area (Å²) >= 11 is 1.58. The molecule has 0 spiro atoms. The summed E-state index contributed by atoms with van der Waals surface area (Å²) in [6.45, 7) is 3.47. The number of benzene rings is 1. The van der Waals surface area contributed by atoms with Crippen LogP contribution in [0.15, 0.2) is 30.5 Å². The van der Waals surface area contributed by atoms with E-state index in [2.05, 4.69) is 23.3 Å². The molecule has 0 unspecified atom stereocenters. The number of aromatic nitrogens is 1. The van der Waals surface area contributed by atoms with Gasteiger partial charge in [0.15, 0.2) is 5.13 Å². The molecule has 1 aromatic carbocycles. The smallest absolute Gasteiger partial charge is 0.182 e. The van der Waals surface area contributed by atoms with E-state index in [0.29, 0.717) is 17.9 Å². The third kappa shape index (κ3) is 3.70. The number of hydrogen-bond acceptors (Lipinski definition) is 5. The van der Waals surface area contributed by atoms with E-state index in [1.807, 2.05) is 12.1 Å². The summed E-state index contributed by atoms with van der Waals surface area (Å²) in [5.74, 6) is 0.612. The van der Waals surface area contributed by atoms with Crippen LogP contribution in [0.25, 0.3) is 0 Å². The third-order valence-electron chi connectivity index (χ3n) is 2.46. The monoisotopic (exact) mass is 273 g/mol. The van der Waals surface area contributed by atoms with Crippen molar-refractivity contribution in [3.63, 3.8) is 0 Å². The first kappa shape index (κ1) is 13.4. The van der Waals surface area contributed by atoms with Crippen molar-refractivity contribution in [2.75, 3.05) is 11.9 Å². The van der Waals surface area contributed by atoms with Crippen molar-refractivity contribution >= 4 is 16.5 Å². The average molecular weight is 273 g/mol. The van der Waals surface area contributed by atoms with Gasteiger partial charge < -0.3 is 10.1 Å². The zero-order chi connectivity index (χ0) is 13.5. The quantitative estimate of drug-likeness (QED) is 0.876. The zero-order valence-electron chi connectivity index (χ0n) is 10.7. The Labute approximate surface area is 116 Å². The second kappa shape index (κ2) is 6.76. The van der Waals surface area contributed by atoms with Crippen molar-refractivity contribution in [3.8, 4) is 11.8 Å². The number of ether oxygens (including phenoxy) is 1. The molecular formula is C14H15N3OS. The molecule has 0 saturated heterocycles. The number of hydrogen-bond donors (Lipinski definition) is 1. The summed E-state index contributed by atoms with van der Waals surface area (Å²) in [5.41, 5.74) is 0.552. The van der Waals surface area contributed by atoms with Crippen LogP contribution in [0.1, 0.15) is 23.8 Å². The Balaban J connectivity index is 1.95. The summed E-state index contributed by atoms with van der Waals surface area (Å²) < 4.78 is 5.65. The summed E-state index contributed by atoms with van der Waals surface area (Å²) in [4.78, 5) is 5.30. The van der Waals surface area contributed by atoms with Crippen LogP contribution >= 0.6 is 11.3 Å². The molecular weight excluding hydrogens is 258 g/mol. The Kier molecular flexibility index (Phi) is 4.76. The first-order valence-electron chi connectivity index (χ1n) is 6.14. The standard InChI is InChI=1S/C14H15N3OS/c1-2-7-16-14-17-9-12(19-14)10-18-13-6-4-3-5-11(13)8-15/h3-6,9H,2,7,10H2,1H3,(H,16,17). The zero-order valence-corrected chi connectivity index (χ0v) is 11.5. The maximum Gasteiger partial charge on any atom is 0.182 e. The Morgan fingerprint density at radius 1 is 1.42 bits per heavy atom. The Morgan fingerprint density at radius 3 is 3.05 bits per heavy atom. The van der Waals surface area contributed by atoms with Gasteiger partial charge in [-0.15, -0.1) is 0 Å². The van der Waals surface area contributed by atoms with Crippen molar-refractivity contribution in [1.29, 1.82) is 5.26 Å². The molecule has 0 saturated carbocycles. The van der Waals surface area contributed by atoms with Gasteiger partial charge in [-0.1, -0.05) is 30.4 Å². The maximum atomic E-state index is 8.97. The van der Waals surface area contributed by atoms with E-state index >= 15 is 0 Å². The molecule has 0 fully saturated rings. The molecule has 2 rings (SSSR count). The number of thiazole rings is 1. The van der Waals surface area contributed by atoms with E-state index in [4.69, 9.17) is 10.00 Å². The van der Waals surface area contributed by atoms with Crippen molar-refractivity contribution in [2.45, 2.75) is 20.0 Å². The lowest BCUT2D eigenvalue weighted by molar-refractivity contribution is 0.308. The Morgan fingerprint density at radius 2 is 2.26 bits per heavy atom. The largest absolute Gasteiger partial charge is 0.487 e. The van der Waals surface area contributed by atoms with Gasteiger partial charge in [-0.3, -0.25) is 0 Å². The van der Waals surface area contributed by atoms with E-state index in [-0.39, 0.29) is 0 Å². The number of anilines is 1. The lowest BCUT2D eigenvalue weighted by Gasteiger charge is -2.05. The van der Waals surface area contributed by atoms with Crippen LogP contribution in [0.3, 0.4) is 0 Å². The third-order valence-corrected chi connectivity index (χ3v) is 3.39. The number of nitriles is 1. The minimum absolute atomic E-state index is 0.435. The Hall–Kier alpha value is -2.06. The molecule has 0 aliphatic rings. The molecule has 0 amide bonds. The van der Waals surface area contributed by atoms with Crippen LogP contribution in [0.2, 0.25) is 0 Å². The molecule has 1 aromatic heterocycles. The molecule has 0 radical (unpaired) electrons. The Bertz CT molecular complexity index is 574. The molecule has 4 nitrogen and oxygen atoms in total. The highest BCUT2D eigenvalue weighted by Gasteiger charge is 2.05. The molecule has 2 aromatic rings. The number of nitrogens with one attached hydrogen (secondary N) is 1. The molecule has 19 heavy (non-hydrogen) atoms. The van der Waals surface area contributed by atoms with Crippen LogP contribution < -0.4 is 10.1 Å². The van der Waals surface area contributed by atoms with E-state index in [9.17, 15) is 0 Å². The molecule has 5 heteroatoms. The first-order chi connectivity index (χ1) is 9.33. The summed E-state index contributed by atoms with van der Waals surface area (Å²) in [6.07, 6.45) is 2.87. The fourth-order valence-corrected chi connectivity index (χ4v) is 2.27. The predicted octanol–water partition coefficient (Wildman–Crippen LogP) is 3.42. The van der Waals surface area contributed by atoms with Crippen molar-refractivity contribution in [3.05, 3.63) is 40.9 Å². The minimum atomic E-state index is 0.435. The molecule has 0 aliphatic carbocycles. The second-order valence-corrected chi connectivity index (χ2v) is 5.07. The van der Waals surface area contributed by atoms with E-state index in [1.165, 1.54) is 0 Å². The highest BCUT2D eigenvalue weighted by Crippen LogP contribution is 2.22. The predicted molar refractivity (Wildman–Crippen MR) is 76.4 cm³/mol. The lowest BCUT2D eigenvalue weighted by Crippen LogP contribution is -1.98. The summed E-state index contributed by atoms with van der Waals surface area (Å²) in [6, 6.07) is 9.35. The van der Waals surface area contributed by atoms with Gasteiger partial charge in [0.25, 0.3) is 0 Å². The van der Waals surface area contributed by atoms with Gasteiger partial charge >= 0.3 is 0 Å². The van der Waals surface area contributed by atoms with Crippen LogP contribution in [0, 0.1) is 11.3 Å². The minimum Gasteiger partial charge on any atom is -0.487 e. The fraction of sp³-hybridized carbons (Fsp3) is 0.286. The summed E-state index contributed by atoms with van der Waals surface area (Å²) in [7, 11) is 0. The second-order valence-electron chi connectivity index (χ2n) is 3.96. The van der Waals surface area contributed by atoms with Crippen LogP contribution in [-0.4, -0.2) is 11.5 Å². The average Bonchev–Trinajstić information content (AvgIpc) is 2.91. The van der Waals surface area contributed by atoms with Gasteiger partial charge in [0, 0.05) is 12.7 Å². The topological polar surface area (TPSA) is 57.9 Å². The normalized spacial score (nSPS) is 9.89. The lowest BCUT2D eigenvalue weighted by atomic mass is 10.2. The van der Waals surface area contributed by atoms with Gasteiger partial charge in [-0.2, -0.15) is 5.26 Å². The van der Waals surface area contributed by atoms with Crippen LogP contribution in [-0.2, 0) is 6.61 Å². The number of rotatable bonds is 6. The highest BCUT2D eigenvalue weighted by atomic mass is 32.1. The van der Waals surface area contributed by atoms with Crippen LogP contribution in [0.4, 0.5) is 5.13 Å². The number of nitrogens with zero attached hydrogens (tertiary/aromatic N) is 2. The van der Waals surface area contributed by atoms with Gasteiger partial charge in [-0.05, 0) is 18.6 Å². The van der Waals surface area contributed by atoms with Gasteiger partial charge in [-0.25, -0.2) is 4.98 Å². The fourth-order valence-electron chi connectivity index (χ4n) is 1.52. The van der Waals surface area contributed by atoms with Crippen molar-refractivity contribution < 1.29 is 4.74 Å². The van der Waals surface area contributed by atoms with Crippen molar-refractivity contribution in [1.82, 2.24) is 4.98 Å². The molecule has 1 N–H and O–H groups in total. The number of para-hydroxylation sites is 1. The van der Waals surface area contributed by atoms with E-state index in [1.54, 1.807) is 29.7 Å². The van der Waals surface area contributed by atoms with Gasteiger partial charge in [0.2, 0.25) is 0 Å². The van der Waals surface area contributed by atoms with Gasteiger partial charge in [0.1, 0.15) is 18.4 Å². The molecule has 0 atom stereocenters. The molecule has 0 aliphatic heterocycles. The van der Waals surface area contributed by atoms with Gasteiger partial charge in [0.05, 0.1) is 10.4 Å². The maximum absolute atomic E-state index is 8.97. The molecule has 98 valence electrons. The van der Waals surface area contributed by atoms with E-state index < -0.39 is 0 Å². The highest BCUT2D eigenvalue weighted by molar-refractivity contribution is 7.15. The molecule has 1 heterocycles. The van der Waals surface area contributed by atoms with E-state index in [0.717, 1.165) is 23.0 Å². The van der Waals surface area contributed by atoms with Crippen molar-refractivity contribution in [2.24, 2.45) is 0 Å².